The Bertz CT molecular complexity index is 358. The van der Waals surface area contributed by atoms with Gasteiger partial charge >= 0.3 is 0 Å². The standard InChI is InChI=1S/C14H28N2O2S/c1-2-16(14-9-6-10-15-11-14)19(17,18)12-13-7-4-3-5-8-13/h13-15H,2-12H2,1H3. The van der Waals surface area contributed by atoms with Gasteiger partial charge in [-0.25, -0.2) is 8.42 Å². The van der Waals surface area contributed by atoms with E-state index in [1.54, 1.807) is 4.31 Å². The maximum atomic E-state index is 12.6. The third-order valence-electron chi connectivity index (χ3n) is 4.52. The van der Waals surface area contributed by atoms with Crippen LogP contribution in [0.15, 0.2) is 0 Å². The number of nitrogens with one attached hydrogen (secondary N) is 1. The molecule has 1 saturated carbocycles. The molecule has 19 heavy (non-hydrogen) atoms. The zero-order valence-electron chi connectivity index (χ0n) is 12.1. The summed E-state index contributed by atoms with van der Waals surface area (Å²) in [5.74, 6) is 0.765. The van der Waals surface area contributed by atoms with Crippen molar-refractivity contribution in [2.24, 2.45) is 5.92 Å². The Kier molecular flexibility index (Phi) is 5.66. The fourth-order valence-corrected chi connectivity index (χ4v) is 5.66. The number of hydrogen-bond donors (Lipinski definition) is 1. The van der Waals surface area contributed by atoms with Crippen molar-refractivity contribution in [2.45, 2.75) is 57.9 Å². The maximum Gasteiger partial charge on any atom is 0.214 e. The molecule has 1 aliphatic heterocycles. The smallest absolute Gasteiger partial charge is 0.214 e. The Labute approximate surface area is 118 Å². The average molecular weight is 288 g/mol. The first-order chi connectivity index (χ1) is 9.13. The summed E-state index contributed by atoms with van der Waals surface area (Å²) in [5, 5.41) is 3.32. The normalized spacial score (nSPS) is 26.7. The van der Waals surface area contributed by atoms with E-state index in [1.807, 2.05) is 6.92 Å². The molecule has 0 aromatic heterocycles. The second-order valence-corrected chi connectivity index (χ2v) is 7.95. The molecule has 0 radical (unpaired) electrons. The molecule has 5 heteroatoms. The predicted octanol–water partition coefficient (Wildman–Crippen LogP) is 1.97. The highest BCUT2D eigenvalue weighted by Gasteiger charge is 2.31. The summed E-state index contributed by atoms with van der Waals surface area (Å²) in [5.41, 5.74) is 0. The van der Waals surface area contributed by atoms with Crippen LogP contribution < -0.4 is 5.32 Å². The van der Waals surface area contributed by atoms with Gasteiger partial charge in [-0.3, -0.25) is 0 Å². The van der Waals surface area contributed by atoms with Crippen molar-refractivity contribution < 1.29 is 8.42 Å². The van der Waals surface area contributed by atoms with E-state index in [2.05, 4.69) is 5.32 Å². The summed E-state index contributed by atoms with van der Waals surface area (Å²) in [7, 11) is -3.08. The van der Waals surface area contributed by atoms with Crippen LogP contribution in [0.25, 0.3) is 0 Å². The van der Waals surface area contributed by atoms with E-state index in [0.717, 1.165) is 38.8 Å². The number of likely N-dealkylation sites (N-methyl/N-ethyl adjacent to an activating group) is 1. The lowest BCUT2D eigenvalue weighted by atomic mass is 9.91. The third kappa shape index (κ3) is 4.17. The number of sulfonamides is 1. The topological polar surface area (TPSA) is 49.4 Å². The zero-order valence-corrected chi connectivity index (χ0v) is 12.9. The molecule has 0 amide bonds. The molecular formula is C14H28N2O2S. The van der Waals surface area contributed by atoms with E-state index in [0.29, 0.717) is 18.2 Å². The summed E-state index contributed by atoms with van der Waals surface area (Å²) in [4.78, 5) is 0. The molecule has 4 nitrogen and oxygen atoms in total. The average Bonchev–Trinajstić information content (AvgIpc) is 2.41. The van der Waals surface area contributed by atoms with E-state index in [4.69, 9.17) is 0 Å². The zero-order chi connectivity index (χ0) is 13.7. The molecule has 1 aliphatic carbocycles. The van der Waals surface area contributed by atoms with Gasteiger partial charge in [-0.15, -0.1) is 0 Å². The quantitative estimate of drug-likeness (QED) is 0.841. The van der Waals surface area contributed by atoms with E-state index in [-0.39, 0.29) is 6.04 Å². The van der Waals surface area contributed by atoms with Crippen LogP contribution in [0.1, 0.15) is 51.9 Å². The van der Waals surface area contributed by atoms with E-state index in [1.165, 1.54) is 19.3 Å². The van der Waals surface area contributed by atoms with Crippen molar-refractivity contribution in [3.8, 4) is 0 Å². The molecule has 1 saturated heterocycles. The van der Waals surface area contributed by atoms with Gasteiger partial charge in [-0.05, 0) is 38.1 Å². The summed E-state index contributed by atoms with van der Waals surface area (Å²) >= 11 is 0. The second kappa shape index (κ2) is 7.04. The molecule has 0 bridgehead atoms. The van der Waals surface area contributed by atoms with Crippen LogP contribution in [-0.2, 0) is 10.0 Å². The molecule has 2 aliphatic rings. The molecule has 2 rings (SSSR count). The molecule has 2 fully saturated rings. The molecule has 1 heterocycles. The highest BCUT2D eigenvalue weighted by molar-refractivity contribution is 7.89. The highest BCUT2D eigenvalue weighted by atomic mass is 32.2. The van der Waals surface area contributed by atoms with Gasteiger partial charge < -0.3 is 5.32 Å². The summed E-state index contributed by atoms with van der Waals surface area (Å²) in [6.45, 7) is 4.42. The monoisotopic (exact) mass is 288 g/mol. The lowest BCUT2D eigenvalue weighted by molar-refractivity contribution is 0.270. The largest absolute Gasteiger partial charge is 0.315 e. The molecule has 1 unspecified atom stereocenters. The fraction of sp³-hybridized carbons (Fsp3) is 1.00. The van der Waals surface area contributed by atoms with Crippen LogP contribution in [0.4, 0.5) is 0 Å². The molecule has 0 aromatic carbocycles. The minimum Gasteiger partial charge on any atom is -0.315 e. The summed E-state index contributed by atoms with van der Waals surface area (Å²) in [6.07, 6.45) is 7.97. The van der Waals surface area contributed by atoms with Crippen LogP contribution in [0, 0.1) is 5.92 Å². The lowest BCUT2D eigenvalue weighted by Crippen LogP contribution is -2.49. The summed E-state index contributed by atoms with van der Waals surface area (Å²) in [6, 6.07) is 0.173. The Balaban J connectivity index is 1.98. The van der Waals surface area contributed by atoms with Gasteiger partial charge in [0.2, 0.25) is 10.0 Å². The molecule has 112 valence electrons. The van der Waals surface area contributed by atoms with Gasteiger partial charge in [0.05, 0.1) is 5.75 Å². The number of piperidine rings is 1. The van der Waals surface area contributed by atoms with Gasteiger partial charge in [0.1, 0.15) is 0 Å². The number of rotatable bonds is 5. The van der Waals surface area contributed by atoms with Gasteiger partial charge in [-0.2, -0.15) is 4.31 Å². The number of nitrogens with zero attached hydrogens (tertiary/aromatic N) is 1. The molecule has 1 N–H and O–H groups in total. The first kappa shape index (κ1) is 15.3. The SMILES string of the molecule is CCN(C1CCCNC1)S(=O)(=O)CC1CCCCC1. The second-order valence-electron chi connectivity index (χ2n) is 5.99. The van der Waals surface area contributed by atoms with Crippen molar-refractivity contribution in [1.82, 2.24) is 9.62 Å². The first-order valence-corrected chi connectivity index (χ1v) is 9.44. The van der Waals surface area contributed by atoms with Crippen molar-refractivity contribution >= 4 is 10.0 Å². The van der Waals surface area contributed by atoms with Crippen LogP contribution >= 0.6 is 0 Å². The van der Waals surface area contributed by atoms with Crippen molar-refractivity contribution in [3.63, 3.8) is 0 Å². The lowest BCUT2D eigenvalue weighted by Gasteiger charge is -2.34. The van der Waals surface area contributed by atoms with Gasteiger partial charge in [0.25, 0.3) is 0 Å². The van der Waals surface area contributed by atoms with Crippen molar-refractivity contribution in [3.05, 3.63) is 0 Å². The summed E-state index contributed by atoms with van der Waals surface area (Å²) < 4.78 is 27.0. The van der Waals surface area contributed by atoms with Crippen LogP contribution in [-0.4, -0.2) is 44.2 Å². The Morgan fingerprint density at radius 2 is 1.84 bits per heavy atom. The molecule has 0 spiro atoms. The Morgan fingerprint density at radius 3 is 2.42 bits per heavy atom. The molecule has 0 aromatic rings. The van der Waals surface area contributed by atoms with Crippen LogP contribution in [0.5, 0.6) is 0 Å². The Hall–Kier alpha value is -0.130. The number of hydrogen-bond acceptors (Lipinski definition) is 3. The Morgan fingerprint density at radius 1 is 1.11 bits per heavy atom. The minimum atomic E-state index is -3.08. The molecular weight excluding hydrogens is 260 g/mol. The first-order valence-electron chi connectivity index (χ1n) is 7.83. The van der Waals surface area contributed by atoms with E-state index >= 15 is 0 Å². The van der Waals surface area contributed by atoms with Gasteiger partial charge in [-0.1, -0.05) is 26.2 Å². The predicted molar refractivity (Wildman–Crippen MR) is 78.6 cm³/mol. The van der Waals surface area contributed by atoms with E-state index in [9.17, 15) is 8.42 Å². The van der Waals surface area contributed by atoms with Gasteiger partial charge in [0, 0.05) is 19.1 Å². The van der Waals surface area contributed by atoms with Crippen LogP contribution in [0.3, 0.4) is 0 Å². The van der Waals surface area contributed by atoms with Crippen molar-refractivity contribution in [1.29, 1.82) is 0 Å². The van der Waals surface area contributed by atoms with Crippen LogP contribution in [0.2, 0.25) is 0 Å². The highest BCUT2D eigenvalue weighted by Crippen LogP contribution is 2.26. The minimum absolute atomic E-state index is 0.173. The maximum absolute atomic E-state index is 12.6. The molecule has 1 atom stereocenters. The van der Waals surface area contributed by atoms with E-state index < -0.39 is 10.0 Å². The van der Waals surface area contributed by atoms with Crippen molar-refractivity contribution in [2.75, 3.05) is 25.4 Å². The third-order valence-corrected chi connectivity index (χ3v) is 6.68. The fourth-order valence-electron chi connectivity index (χ4n) is 3.51. The van der Waals surface area contributed by atoms with Gasteiger partial charge in [0.15, 0.2) is 0 Å².